The van der Waals surface area contributed by atoms with Gasteiger partial charge in [0.05, 0.1) is 7.11 Å². The van der Waals surface area contributed by atoms with Crippen LogP contribution in [-0.4, -0.2) is 82.1 Å². The molecule has 0 unspecified atom stereocenters. The lowest BCUT2D eigenvalue weighted by Crippen LogP contribution is -2.42. The van der Waals surface area contributed by atoms with Gasteiger partial charge in [-0.2, -0.15) is 0 Å². The largest absolute Gasteiger partial charge is 0.495 e. The Morgan fingerprint density at radius 3 is 2.09 bits per heavy atom. The first-order chi connectivity index (χ1) is 14.4. The Hall–Kier alpha value is -2.17. The van der Waals surface area contributed by atoms with Crippen molar-refractivity contribution in [1.29, 1.82) is 0 Å². The number of methoxy groups -OCH3 is 1. The zero-order chi connectivity index (χ0) is 24.9. The van der Waals surface area contributed by atoms with Gasteiger partial charge in [0, 0.05) is 24.2 Å². The molecule has 0 fully saturated rings. The number of nitrogens with one attached hydrogen (secondary N) is 1. The molecule has 1 aromatic carbocycles. The van der Waals surface area contributed by atoms with Crippen molar-refractivity contribution >= 4 is 21.9 Å². The summed E-state index contributed by atoms with van der Waals surface area (Å²) in [5.41, 5.74) is -1.28. The Bertz CT molecular complexity index is 915. The van der Waals surface area contributed by atoms with Crippen LogP contribution in [0.1, 0.15) is 51.9 Å². The number of sulfonamides is 1. The average molecular weight is 472 g/mol. The molecule has 32 heavy (non-hydrogen) atoms. The number of esters is 1. The summed E-state index contributed by atoms with van der Waals surface area (Å²) >= 11 is 0. The highest BCUT2D eigenvalue weighted by Crippen LogP contribution is 2.26. The second kappa shape index (κ2) is 10.6. The first-order valence-corrected chi connectivity index (χ1v) is 11.8. The van der Waals surface area contributed by atoms with E-state index in [-0.39, 0.29) is 29.3 Å². The Morgan fingerprint density at radius 1 is 1.03 bits per heavy atom. The summed E-state index contributed by atoms with van der Waals surface area (Å²) in [6.45, 7) is 10.9. The monoisotopic (exact) mass is 471 g/mol. The van der Waals surface area contributed by atoms with Crippen LogP contribution in [0.3, 0.4) is 0 Å². The third-order valence-electron chi connectivity index (χ3n) is 3.98. The van der Waals surface area contributed by atoms with Crippen LogP contribution in [0, 0.1) is 0 Å². The molecular weight excluding hydrogens is 434 g/mol. The highest BCUT2D eigenvalue weighted by molar-refractivity contribution is 7.89. The normalized spacial score (nSPS) is 12.6. The summed E-state index contributed by atoms with van der Waals surface area (Å²) in [7, 11) is 1.11. The third-order valence-corrected chi connectivity index (χ3v) is 5.76. The zero-order valence-electron chi connectivity index (χ0n) is 20.6. The predicted octanol–water partition coefficient (Wildman–Crippen LogP) is 2.12. The van der Waals surface area contributed by atoms with Crippen LogP contribution in [0.4, 0.5) is 0 Å². The van der Waals surface area contributed by atoms with Crippen LogP contribution >= 0.6 is 0 Å². The highest BCUT2D eigenvalue weighted by atomic mass is 32.2. The Morgan fingerprint density at radius 2 is 1.62 bits per heavy atom. The van der Waals surface area contributed by atoms with E-state index in [1.54, 1.807) is 41.5 Å². The SMILES string of the molecule is COc1ccc(C(=O)N(CCN(C)C)CC(=O)OC(C)(C)C)cc1S(=O)(=O)NC(C)(C)C. The van der Waals surface area contributed by atoms with Crippen molar-refractivity contribution in [3.63, 3.8) is 0 Å². The van der Waals surface area contributed by atoms with Gasteiger partial charge in [0.25, 0.3) is 5.91 Å². The molecule has 0 bridgehead atoms. The van der Waals surface area contributed by atoms with Crippen molar-refractivity contribution in [2.24, 2.45) is 0 Å². The van der Waals surface area contributed by atoms with Gasteiger partial charge in [-0.05, 0) is 73.8 Å². The summed E-state index contributed by atoms with van der Waals surface area (Å²) in [4.78, 5) is 28.7. The highest BCUT2D eigenvalue weighted by Gasteiger charge is 2.28. The third kappa shape index (κ3) is 9.13. The fraction of sp³-hybridized carbons (Fsp3) is 0.636. The fourth-order valence-corrected chi connectivity index (χ4v) is 4.38. The van der Waals surface area contributed by atoms with Gasteiger partial charge in [0.15, 0.2) is 0 Å². The van der Waals surface area contributed by atoms with Crippen molar-refractivity contribution in [3.05, 3.63) is 23.8 Å². The molecule has 0 aliphatic heterocycles. The molecule has 1 rings (SSSR count). The average Bonchev–Trinajstić information content (AvgIpc) is 2.60. The number of hydrogen-bond acceptors (Lipinski definition) is 7. The second-order valence-electron chi connectivity index (χ2n) is 9.84. The number of rotatable bonds is 9. The van der Waals surface area contributed by atoms with E-state index in [2.05, 4.69) is 4.72 Å². The van der Waals surface area contributed by atoms with Crippen molar-refractivity contribution in [2.75, 3.05) is 40.8 Å². The van der Waals surface area contributed by atoms with E-state index < -0.39 is 33.0 Å². The number of nitrogens with zero attached hydrogens (tertiary/aromatic N) is 2. The second-order valence-corrected chi connectivity index (χ2v) is 11.5. The molecule has 0 saturated carbocycles. The van der Waals surface area contributed by atoms with Crippen LogP contribution in [0.2, 0.25) is 0 Å². The number of hydrogen-bond donors (Lipinski definition) is 1. The molecule has 10 heteroatoms. The Balaban J connectivity index is 3.33. The standard InChI is InChI=1S/C22H37N3O6S/c1-21(2,3)23-32(28,29)18-14-16(10-11-17(18)30-9)20(27)25(13-12-24(7)8)15-19(26)31-22(4,5)6/h10-11,14,23H,12-13,15H2,1-9H3. The van der Waals surface area contributed by atoms with Gasteiger partial charge >= 0.3 is 5.97 Å². The van der Waals surface area contributed by atoms with Gasteiger partial charge < -0.3 is 19.3 Å². The van der Waals surface area contributed by atoms with Gasteiger partial charge in [0.2, 0.25) is 10.0 Å². The summed E-state index contributed by atoms with van der Waals surface area (Å²) in [6, 6.07) is 4.18. The quantitative estimate of drug-likeness (QED) is 0.550. The number of carbonyl (C=O) groups excluding carboxylic acids is 2. The van der Waals surface area contributed by atoms with Gasteiger partial charge in [-0.1, -0.05) is 0 Å². The first kappa shape index (κ1) is 27.9. The van der Waals surface area contributed by atoms with Crippen molar-refractivity contribution < 1.29 is 27.5 Å². The van der Waals surface area contributed by atoms with Crippen LogP contribution in [0.25, 0.3) is 0 Å². The van der Waals surface area contributed by atoms with Crippen LogP contribution in [-0.2, 0) is 19.6 Å². The van der Waals surface area contributed by atoms with Crippen LogP contribution in [0.5, 0.6) is 5.75 Å². The topological polar surface area (TPSA) is 105 Å². The number of carbonyl (C=O) groups is 2. The minimum atomic E-state index is -3.96. The predicted molar refractivity (Wildman–Crippen MR) is 123 cm³/mol. The van der Waals surface area contributed by atoms with E-state index in [4.69, 9.17) is 9.47 Å². The number of amides is 1. The van der Waals surface area contributed by atoms with Gasteiger partial charge in [-0.3, -0.25) is 9.59 Å². The number of likely N-dealkylation sites (N-methyl/N-ethyl adjacent to an activating group) is 1. The number of benzene rings is 1. The van der Waals surface area contributed by atoms with Gasteiger partial charge in [-0.15, -0.1) is 0 Å². The maximum atomic E-state index is 13.3. The lowest BCUT2D eigenvalue weighted by atomic mass is 10.1. The molecule has 1 N–H and O–H groups in total. The minimum Gasteiger partial charge on any atom is -0.495 e. The number of ether oxygens (including phenoxy) is 2. The molecule has 9 nitrogen and oxygen atoms in total. The van der Waals surface area contributed by atoms with E-state index in [0.29, 0.717) is 6.54 Å². The lowest BCUT2D eigenvalue weighted by Gasteiger charge is -2.26. The molecule has 0 aromatic heterocycles. The summed E-state index contributed by atoms with van der Waals surface area (Å²) in [5.74, 6) is -0.904. The Kier molecular flexibility index (Phi) is 9.26. The van der Waals surface area contributed by atoms with E-state index in [1.165, 1.54) is 30.2 Å². The zero-order valence-corrected chi connectivity index (χ0v) is 21.4. The molecule has 0 aliphatic carbocycles. The van der Waals surface area contributed by atoms with E-state index in [0.717, 1.165) is 0 Å². The summed E-state index contributed by atoms with van der Waals surface area (Å²) < 4.78 is 39.0. The molecule has 0 heterocycles. The van der Waals surface area contributed by atoms with Crippen molar-refractivity contribution in [2.45, 2.75) is 57.6 Å². The molecule has 1 aromatic rings. The van der Waals surface area contributed by atoms with Gasteiger partial charge in [0.1, 0.15) is 22.8 Å². The van der Waals surface area contributed by atoms with Gasteiger partial charge in [-0.25, -0.2) is 13.1 Å². The first-order valence-electron chi connectivity index (χ1n) is 10.3. The summed E-state index contributed by atoms with van der Waals surface area (Å²) in [5, 5.41) is 0. The minimum absolute atomic E-state index is 0.116. The maximum Gasteiger partial charge on any atom is 0.326 e. The summed E-state index contributed by atoms with van der Waals surface area (Å²) in [6.07, 6.45) is 0. The van der Waals surface area contributed by atoms with E-state index in [9.17, 15) is 18.0 Å². The molecular formula is C22H37N3O6S. The molecule has 182 valence electrons. The molecule has 1 amide bonds. The van der Waals surface area contributed by atoms with Crippen molar-refractivity contribution in [1.82, 2.24) is 14.5 Å². The van der Waals surface area contributed by atoms with E-state index >= 15 is 0 Å². The molecule has 0 spiro atoms. The molecule has 0 saturated heterocycles. The molecule has 0 aliphatic rings. The maximum absolute atomic E-state index is 13.3. The van der Waals surface area contributed by atoms with Crippen LogP contribution < -0.4 is 9.46 Å². The van der Waals surface area contributed by atoms with E-state index in [1.807, 2.05) is 19.0 Å². The Labute approximate surface area is 192 Å². The fourth-order valence-electron chi connectivity index (χ4n) is 2.76. The lowest BCUT2D eigenvalue weighted by molar-refractivity contribution is -0.155. The smallest absolute Gasteiger partial charge is 0.326 e. The van der Waals surface area contributed by atoms with Crippen LogP contribution in [0.15, 0.2) is 23.1 Å². The van der Waals surface area contributed by atoms with Crippen molar-refractivity contribution in [3.8, 4) is 5.75 Å². The molecule has 0 radical (unpaired) electrons. The molecule has 0 atom stereocenters.